The molecule has 0 saturated carbocycles. The number of carbonyl (C=O) groups is 1. The molecule has 140 valence electrons. The van der Waals surface area contributed by atoms with Crippen LogP contribution in [0.4, 0.5) is 0 Å². The van der Waals surface area contributed by atoms with Gasteiger partial charge < -0.3 is 14.5 Å². The maximum Gasteiger partial charge on any atom is 0.274 e. The predicted octanol–water partition coefficient (Wildman–Crippen LogP) is 1.96. The van der Waals surface area contributed by atoms with Gasteiger partial charge in [0.1, 0.15) is 0 Å². The van der Waals surface area contributed by atoms with Crippen molar-refractivity contribution in [1.82, 2.24) is 19.6 Å². The number of nitrogens with zero attached hydrogens (tertiary/aromatic N) is 4. The van der Waals surface area contributed by atoms with Gasteiger partial charge in [0.25, 0.3) is 5.91 Å². The molecule has 25 heavy (non-hydrogen) atoms. The lowest BCUT2D eigenvalue weighted by Gasteiger charge is -2.32. The minimum Gasteiger partial charge on any atom is -0.378 e. The SMILES string of the molecule is CCCCN(C)C1CCc2c(c(C(=O)N3CCOCC3)nn2CC)C1. The Kier molecular flexibility index (Phi) is 6.12. The first-order valence-corrected chi connectivity index (χ1v) is 9.81. The number of fused-ring (bicyclic) bond motifs is 1. The molecule has 1 amide bonds. The van der Waals surface area contributed by atoms with Gasteiger partial charge in [-0.3, -0.25) is 9.48 Å². The summed E-state index contributed by atoms with van der Waals surface area (Å²) in [6, 6.07) is 0.518. The Hall–Kier alpha value is -1.40. The van der Waals surface area contributed by atoms with E-state index in [0.717, 1.165) is 32.4 Å². The number of ether oxygens (including phenoxy) is 1. The molecule has 6 heteroatoms. The van der Waals surface area contributed by atoms with Gasteiger partial charge >= 0.3 is 0 Å². The van der Waals surface area contributed by atoms with Crippen LogP contribution in [0.1, 0.15) is 54.9 Å². The quantitative estimate of drug-likeness (QED) is 0.789. The first-order valence-electron chi connectivity index (χ1n) is 9.81. The maximum atomic E-state index is 13.0. The van der Waals surface area contributed by atoms with Gasteiger partial charge in [0.05, 0.1) is 13.2 Å². The number of aromatic nitrogens is 2. The number of aryl methyl sites for hydroxylation is 1. The first kappa shape index (κ1) is 18.4. The first-order chi connectivity index (χ1) is 12.2. The summed E-state index contributed by atoms with van der Waals surface area (Å²) in [6.45, 7) is 8.90. The number of hydrogen-bond acceptors (Lipinski definition) is 4. The zero-order chi connectivity index (χ0) is 17.8. The van der Waals surface area contributed by atoms with Gasteiger partial charge in [-0.25, -0.2) is 0 Å². The molecule has 1 atom stereocenters. The summed E-state index contributed by atoms with van der Waals surface area (Å²) in [5.74, 6) is 0.0867. The monoisotopic (exact) mass is 348 g/mol. The number of carbonyl (C=O) groups excluding carboxylic acids is 1. The number of likely N-dealkylation sites (N-methyl/N-ethyl adjacent to an activating group) is 1. The van der Waals surface area contributed by atoms with E-state index in [1.54, 1.807) is 0 Å². The van der Waals surface area contributed by atoms with Crippen LogP contribution in [0.5, 0.6) is 0 Å². The molecule has 1 aromatic rings. The Morgan fingerprint density at radius 2 is 2.08 bits per heavy atom. The van der Waals surface area contributed by atoms with Crippen molar-refractivity contribution in [1.29, 1.82) is 0 Å². The largest absolute Gasteiger partial charge is 0.378 e. The number of hydrogen-bond donors (Lipinski definition) is 0. The van der Waals surface area contributed by atoms with E-state index in [1.165, 1.54) is 24.1 Å². The van der Waals surface area contributed by atoms with Crippen molar-refractivity contribution in [3.63, 3.8) is 0 Å². The third kappa shape index (κ3) is 3.90. The molecule has 1 fully saturated rings. The van der Waals surface area contributed by atoms with Gasteiger partial charge in [0, 0.05) is 36.9 Å². The van der Waals surface area contributed by atoms with Crippen LogP contribution >= 0.6 is 0 Å². The van der Waals surface area contributed by atoms with E-state index in [0.29, 0.717) is 38.0 Å². The fraction of sp³-hybridized carbons (Fsp3) is 0.789. The Morgan fingerprint density at radius 1 is 1.32 bits per heavy atom. The van der Waals surface area contributed by atoms with Crippen molar-refractivity contribution < 1.29 is 9.53 Å². The summed E-state index contributed by atoms with van der Waals surface area (Å²) in [7, 11) is 2.22. The molecule has 0 radical (unpaired) electrons. The molecule has 0 N–H and O–H groups in total. The zero-order valence-corrected chi connectivity index (χ0v) is 16.0. The van der Waals surface area contributed by atoms with Crippen LogP contribution in [0.15, 0.2) is 0 Å². The van der Waals surface area contributed by atoms with Crippen molar-refractivity contribution in [2.75, 3.05) is 39.9 Å². The highest BCUT2D eigenvalue weighted by Gasteiger charge is 2.32. The molecule has 1 unspecified atom stereocenters. The second kappa shape index (κ2) is 8.32. The van der Waals surface area contributed by atoms with Gasteiger partial charge in [-0.2, -0.15) is 5.10 Å². The van der Waals surface area contributed by atoms with Gasteiger partial charge in [-0.15, -0.1) is 0 Å². The molecule has 1 aromatic heterocycles. The molecular formula is C19H32N4O2. The van der Waals surface area contributed by atoms with E-state index < -0.39 is 0 Å². The number of rotatable bonds is 6. The van der Waals surface area contributed by atoms with Crippen LogP contribution in [-0.4, -0.2) is 71.4 Å². The molecule has 1 saturated heterocycles. The minimum atomic E-state index is 0.0867. The summed E-state index contributed by atoms with van der Waals surface area (Å²) in [4.78, 5) is 17.4. The fourth-order valence-electron chi connectivity index (χ4n) is 3.99. The average Bonchev–Trinajstić information content (AvgIpc) is 3.04. The standard InChI is InChI=1S/C19H32N4O2/c1-4-6-9-21(3)15-7-8-17-16(14-15)18(20-23(17)5-2)19(24)22-10-12-25-13-11-22/h15H,4-14H2,1-3H3. The van der Waals surface area contributed by atoms with E-state index in [1.807, 2.05) is 9.58 Å². The molecule has 3 rings (SSSR count). The Bertz CT molecular complexity index is 592. The smallest absolute Gasteiger partial charge is 0.274 e. The van der Waals surface area contributed by atoms with Crippen molar-refractivity contribution >= 4 is 5.91 Å². The summed E-state index contributed by atoms with van der Waals surface area (Å²) >= 11 is 0. The number of morpholine rings is 1. The van der Waals surface area contributed by atoms with E-state index in [-0.39, 0.29) is 5.91 Å². The molecule has 0 aromatic carbocycles. The molecule has 1 aliphatic carbocycles. The van der Waals surface area contributed by atoms with E-state index >= 15 is 0 Å². The van der Waals surface area contributed by atoms with Gasteiger partial charge in [0.2, 0.25) is 0 Å². The van der Waals surface area contributed by atoms with Crippen molar-refractivity contribution in [3.05, 3.63) is 17.0 Å². The Morgan fingerprint density at radius 3 is 2.76 bits per heavy atom. The number of unbranched alkanes of at least 4 members (excludes halogenated alkanes) is 1. The Balaban J connectivity index is 1.81. The third-order valence-corrected chi connectivity index (χ3v) is 5.61. The van der Waals surface area contributed by atoms with Crippen LogP contribution in [0, 0.1) is 0 Å². The molecule has 0 bridgehead atoms. The molecule has 0 spiro atoms. The minimum absolute atomic E-state index is 0.0867. The van der Waals surface area contributed by atoms with Crippen LogP contribution in [0.25, 0.3) is 0 Å². The third-order valence-electron chi connectivity index (χ3n) is 5.61. The summed E-state index contributed by atoms with van der Waals surface area (Å²) in [6.07, 6.45) is 5.57. The highest BCUT2D eigenvalue weighted by atomic mass is 16.5. The summed E-state index contributed by atoms with van der Waals surface area (Å²) in [5, 5.41) is 4.71. The number of amides is 1. The highest BCUT2D eigenvalue weighted by molar-refractivity contribution is 5.94. The lowest BCUT2D eigenvalue weighted by Crippen LogP contribution is -2.42. The van der Waals surface area contributed by atoms with Crippen molar-refractivity contribution in [2.24, 2.45) is 0 Å². The van der Waals surface area contributed by atoms with Crippen LogP contribution in [0.3, 0.4) is 0 Å². The topological polar surface area (TPSA) is 50.6 Å². The summed E-state index contributed by atoms with van der Waals surface area (Å²) in [5.41, 5.74) is 3.16. The van der Waals surface area contributed by atoms with Gasteiger partial charge in [-0.1, -0.05) is 13.3 Å². The fourth-order valence-corrected chi connectivity index (χ4v) is 3.99. The van der Waals surface area contributed by atoms with Crippen LogP contribution < -0.4 is 0 Å². The van der Waals surface area contributed by atoms with Crippen LogP contribution in [0.2, 0.25) is 0 Å². The van der Waals surface area contributed by atoms with Crippen molar-refractivity contribution in [2.45, 2.75) is 58.5 Å². The van der Waals surface area contributed by atoms with Crippen molar-refractivity contribution in [3.8, 4) is 0 Å². The molecule has 2 heterocycles. The van der Waals surface area contributed by atoms with E-state index in [9.17, 15) is 4.79 Å². The molecule has 1 aliphatic heterocycles. The van der Waals surface area contributed by atoms with E-state index in [2.05, 4.69) is 25.8 Å². The van der Waals surface area contributed by atoms with Gasteiger partial charge in [-0.05, 0) is 46.2 Å². The second-order valence-corrected chi connectivity index (χ2v) is 7.22. The average molecular weight is 348 g/mol. The second-order valence-electron chi connectivity index (χ2n) is 7.22. The normalized spacial score (nSPS) is 20.8. The maximum absolute atomic E-state index is 13.0. The lowest BCUT2D eigenvalue weighted by molar-refractivity contribution is 0.0297. The molecule has 2 aliphatic rings. The highest BCUT2D eigenvalue weighted by Crippen LogP contribution is 2.28. The van der Waals surface area contributed by atoms with E-state index in [4.69, 9.17) is 9.84 Å². The Labute approximate surface area is 151 Å². The molecular weight excluding hydrogens is 316 g/mol. The van der Waals surface area contributed by atoms with Crippen LogP contribution in [-0.2, 0) is 24.1 Å². The summed E-state index contributed by atoms with van der Waals surface area (Å²) < 4.78 is 7.43. The zero-order valence-electron chi connectivity index (χ0n) is 16.0. The lowest BCUT2D eigenvalue weighted by atomic mass is 9.90. The molecule has 6 nitrogen and oxygen atoms in total. The van der Waals surface area contributed by atoms with Gasteiger partial charge in [0.15, 0.2) is 5.69 Å². The predicted molar refractivity (Wildman–Crippen MR) is 98.0 cm³/mol.